The van der Waals surface area contributed by atoms with Gasteiger partial charge in [0, 0.05) is 24.7 Å². The molecule has 0 radical (unpaired) electrons. The van der Waals surface area contributed by atoms with Crippen LogP contribution in [0.1, 0.15) is 43.1 Å². The summed E-state index contributed by atoms with van der Waals surface area (Å²) in [6.07, 6.45) is 0.821. The van der Waals surface area contributed by atoms with E-state index in [1.807, 2.05) is 51.1 Å². The van der Waals surface area contributed by atoms with Gasteiger partial charge in [-0.3, -0.25) is 4.79 Å². The molecule has 0 bridgehead atoms. The zero-order valence-corrected chi connectivity index (χ0v) is 16.3. The third kappa shape index (κ3) is 4.93. The van der Waals surface area contributed by atoms with Gasteiger partial charge in [-0.15, -0.1) is 0 Å². The number of hydrogen-bond donors (Lipinski definition) is 1. The Bertz CT molecular complexity index is 833. The van der Waals surface area contributed by atoms with Gasteiger partial charge in [0.1, 0.15) is 0 Å². The number of hydrogen-bond acceptors (Lipinski definition) is 3. The lowest BCUT2D eigenvalue weighted by molar-refractivity contribution is 0.0953. The Labute approximate surface area is 156 Å². The fourth-order valence-corrected chi connectivity index (χ4v) is 4.25. The van der Waals surface area contributed by atoms with Gasteiger partial charge in [0.2, 0.25) is 10.0 Å². The van der Waals surface area contributed by atoms with E-state index in [9.17, 15) is 13.2 Å². The Hall–Kier alpha value is -2.18. The van der Waals surface area contributed by atoms with E-state index in [0.717, 1.165) is 12.0 Å². The van der Waals surface area contributed by atoms with Crippen molar-refractivity contribution in [1.29, 1.82) is 0 Å². The first kappa shape index (κ1) is 20.1. The van der Waals surface area contributed by atoms with Crippen LogP contribution in [-0.2, 0) is 16.6 Å². The van der Waals surface area contributed by atoms with Crippen LogP contribution in [0.25, 0.3) is 0 Å². The Morgan fingerprint density at radius 1 is 1.08 bits per heavy atom. The van der Waals surface area contributed by atoms with Crippen molar-refractivity contribution < 1.29 is 13.2 Å². The molecule has 0 aromatic heterocycles. The fourth-order valence-electron chi connectivity index (χ4n) is 2.58. The van der Waals surface area contributed by atoms with Gasteiger partial charge in [0.05, 0.1) is 4.90 Å². The second-order valence-electron chi connectivity index (χ2n) is 6.41. The highest BCUT2D eigenvalue weighted by Gasteiger charge is 2.27. The highest BCUT2D eigenvalue weighted by Crippen LogP contribution is 2.22. The van der Waals surface area contributed by atoms with E-state index in [2.05, 4.69) is 5.32 Å². The summed E-state index contributed by atoms with van der Waals surface area (Å²) in [6, 6.07) is 15.5. The molecule has 0 aliphatic carbocycles. The third-order valence-electron chi connectivity index (χ3n) is 4.00. The third-order valence-corrected chi connectivity index (χ3v) is 6.01. The Kier molecular flexibility index (Phi) is 6.94. The molecule has 1 N–H and O–H groups in total. The topological polar surface area (TPSA) is 66.5 Å². The number of carbonyl (C=O) groups is 1. The van der Waals surface area contributed by atoms with Crippen molar-refractivity contribution in [2.45, 2.75) is 44.7 Å². The van der Waals surface area contributed by atoms with E-state index in [4.69, 9.17) is 0 Å². The Morgan fingerprint density at radius 3 is 2.38 bits per heavy atom. The Balaban J connectivity index is 2.33. The first-order valence-electron chi connectivity index (χ1n) is 8.80. The van der Waals surface area contributed by atoms with Crippen molar-refractivity contribution in [2.75, 3.05) is 6.54 Å². The number of nitrogens with zero attached hydrogens (tertiary/aromatic N) is 1. The van der Waals surface area contributed by atoms with Crippen molar-refractivity contribution in [2.24, 2.45) is 0 Å². The predicted molar refractivity (Wildman–Crippen MR) is 103 cm³/mol. The van der Waals surface area contributed by atoms with Crippen LogP contribution in [0.4, 0.5) is 0 Å². The van der Waals surface area contributed by atoms with Crippen LogP contribution in [-0.4, -0.2) is 31.2 Å². The highest BCUT2D eigenvalue weighted by molar-refractivity contribution is 7.89. The molecule has 0 unspecified atom stereocenters. The molecule has 2 aromatic carbocycles. The maximum absolute atomic E-state index is 13.2. The lowest BCUT2D eigenvalue weighted by Gasteiger charge is -2.26. The number of sulfonamides is 1. The molecule has 140 valence electrons. The summed E-state index contributed by atoms with van der Waals surface area (Å²) in [5.41, 5.74) is 1.27. The zero-order valence-electron chi connectivity index (χ0n) is 15.5. The average molecular weight is 375 g/mol. The molecule has 0 saturated heterocycles. The number of amides is 1. The van der Waals surface area contributed by atoms with E-state index in [1.54, 1.807) is 12.1 Å². The van der Waals surface area contributed by atoms with Crippen LogP contribution in [0.3, 0.4) is 0 Å². The smallest absolute Gasteiger partial charge is 0.251 e. The largest absolute Gasteiger partial charge is 0.352 e. The van der Waals surface area contributed by atoms with Gasteiger partial charge in [-0.05, 0) is 44.0 Å². The molecule has 5 nitrogen and oxygen atoms in total. The number of rotatable bonds is 8. The molecule has 6 heteroatoms. The second-order valence-corrected chi connectivity index (χ2v) is 8.30. The van der Waals surface area contributed by atoms with Crippen LogP contribution < -0.4 is 5.32 Å². The SMILES string of the molecule is CCCNC(=O)c1cccc(S(=O)(=O)N(Cc2ccccc2)C(C)C)c1. The fraction of sp³-hybridized carbons (Fsp3) is 0.350. The number of nitrogens with one attached hydrogen (secondary N) is 1. The van der Waals surface area contributed by atoms with Crippen LogP contribution in [0.5, 0.6) is 0 Å². The van der Waals surface area contributed by atoms with E-state index >= 15 is 0 Å². The summed E-state index contributed by atoms with van der Waals surface area (Å²) in [7, 11) is -3.72. The van der Waals surface area contributed by atoms with Crippen molar-refractivity contribution in [3.8, 4) is 0 Å². The number of carbonyl (C=O) groups excluding carboxylic acids is 1. The van der Waals surface area contributed by atoms with E-state index < -0.39 is 10.0 Å². The maximum Gasteiger partial charge on any atom is 0.251 e. The minimum absolute atomic E-state index is 0.131. The molecule has 2 rings (SSSR count). The molecular formula is C20H26N2O3S. The predicted octanol–water partition coefficient (Wildman–Crippen LogP) is 3.43. The molecule has 0 spiro atoms. The molecule has 0 fully saturated rings. The summed E-state index contributed by atoms with van der Waals surface area (Å²) in [5.74, 6) is -0.261. The molecule has 1 amide bonds. The average Bonchev–Trinajstić information content (AvgIpc) is 2.64. The maximum atomic E-state index is 13.2. The molecule has 0 saturated carbocycles. The summed E-state index contributed by atoms with van der Waals surface area (Å²) < 4.78 is 27.8. The van der Waals surface area contributed by atoms with Gasteiger partial charge >= 0.3 is 0 Å². The van der Waals surface area contributed by atoms with Crippen LogP contribution >= 0.6 is 0 Å². The van der Waals surface area contributed by atoms with Crippen molar-refractivity contribution in [3.63, 3.8) is 0 Å². The van der Waals surface area contributed by atoms with E-state index in [1.165, 1.54) is 16.4 Å². The monoisotopic (exact) mass is 374 g/mol. The summed E-state index contributed by atoms with van der Waals surface area (Å²) >= 11 is 0. The van der Waals surface area contributed by atoms with Gasteiger partial charge in [-0.25, -0.2) is 8.42 Å². The molecule has 0 aliphatic heterocycles. The highest BCUT2D eigenvalue weighted by atomic mass is 32.2. The Morgan fingerprint density at radius 2 is 1.77 bits per heavy atom. The van der Waals surface area contributed by atoms with Gasteiger partial charge in [-0.1, -0.05) is 43.3 Å². The van der Waals surface area contributed by atoms with Crippen LogP contribution in [0.15, 0.2) is 59.5 Å². The standard InChI is InChI=1S/C20H26N2O3S/c1-4-13-21-20(23)18-11-8-12-19(14-18)26(24,25)22(16(2)3)15-17-9-6-5-7-10-17/h5-12,14,16H,4,13,15H2,1-3H3,(H,21,23). The van der Waals surface area contributed by atoms with Crippen LogP contribution in [0, 0.1) is 0 Å². The van der Waals surface area contributed by atoms with Gasteiger partial charge < -0.3 is 5.32 Å². The van der Waals surface area contributed by atoms with E-state index in [0.29, 0.717) is 12.1 Å². The first-order chi connectivity index (χ1) is 12.4. The van der Waals surface area contributed by atoms with Crippen molar-refractivity contribution >= 4 is 15.9 Å². The van der Waals surface area contributed by atoms with Crippen molar-refractivity contribution in [3.05, 3.63) is 65.7 Å². The quantitative estimate of drug-likeness (QED) is 0.770. The minimum atomic E-state index is -3.72. The second kappa shape index (κ2) is 8.96. The first-order valence-corrected chi connectivity index (χ1v) is 10.2. The normalized spacial score (nSPS) is 11.7. The zero-order chi connectivity index (χ0) is 19.2. The summed E-state index contributed by atoms with van der Waals surface area (Å²) in [4.78, 5) is 12.3. The van der Waals surface area contributed by atoms with Gasteiger partial charge in [0.15, 0.2) is 0 Å². The molecule has 0 aliphatic rings. The minimum Gasteiger partial charge on any atom is -0.352 e. The number of benzene rings is 2. The lowest BCUT2D eigenvalue weighted by Crippen LogP contribution is -2.36. The molecule has 2 aromatic rings. The van der Waals surface area contributed by atoms with Crippen molar-refractivity contribution in [1.82, 2.24) is 9.62 Å². The van der Waals surface area contributed by atoms with Crippen LogP contribution in [0.2, 0.25) is 0 Å². The summed E-state index contributed by atoms with van der Waals surface area (Å²) in [5, 5.41) is 2.77. The lowest BCUT2D eigenvalue weighted by atomic mass is 10.2. The summed E-state index contributed by atoms with van der Waals surface area (Å²) in [6.45, 7) is 6.50. The molecule has 26 heavy (non-hydrogen) atoms. The molecular weight excluding hydrogens is 348 g/mol. The van der Waals surface area contributed by atoms with Gasteiger partial charge in [-0.2, -0.15) is 4.31 Å². The van der Waals surface area contributed by atoms with Gasteiger partial charge in [0.25, 0.3) is 5.91 Å². The van der Waals surface area contributed by atoms with E-state index in [-0.39, 0.29) is 23.4 Å². The molecule has 0 atom stereocenters. The molecule has 0 heterocycles.